The lowest BCUT2D eigenvalue weighted by Gasteiger charge is -2.08. The van der Waals surface area contributed by atoms with E-state index in [0.717, 1.165) is 11.1 Å². The Kier molecular flexibility index (Phi) is 3.11. The summed E-state index contributed by atoms with van der Waals surface area (Å²) < 4.78 is 29.4. The Morgan fingerprint density at radius 1 is 0.947 bits per heavy atom. The van der Waals surface area contributed by atoms with Gasteiger partial charge in [0.1, 0.15) is 11.6 Å². The lowest BCUT2D eigenvalue weighted by Crippen LogP contribution is -1.99. The first kappa shape index (κ1) is 12.4. The summed E-state index contributed by atoms with van der Waals surface area (Å²) in [6.45, 7) is 0.491. The Balaban J connectivity index is 2.07. The van der Waals surface area contributed by atoms with Gasteiger partial charge in [-0.25, -0.2) is 8.78 Å². The van der Waals surface area contributed by atoms with Crippen LogP contribution in [0, 0.1) is 11.6 Å². The highest BCUT2D eigenvalue weighted by atomic mass is 79.9. The maximum absolute atomic E-state index is 13.6. The number of hydrogen-bond acceptors (Lipinski definition) is 0. The van der Waals surface area contributed by atoms with Crippen LogP contribution in [-0.4, -0.2) is 4.57 Å². The molecule has 3 rings (SSSR count). The van der Waals surface area contributed by atoms with Gasteiger partial charge in [-0.05, 0) is 45.8 Å². The lowest BCUT2D eigenvalue weighted by molar-refractivity contribution is 0.616. The van der Waals surface area contributed by atoms with Gasteiger partial charge in [0.05, 0.1) is 9.99 Å². The van der Waals surface area contributed by atoms with Gasteiger partial charge in [-0.1, -0.05) is 18.2 Å². The second kappa shape index (κ2) is 4.78. The highest BCUT2D eigenvalue weighted by molar-refractivity contribution is 9.10. The van der Waals surface area contributed by atoms with Crippen LogP contribution in [0.2, 0.25) is 0 Å². The summed E-state index contributed by atoms with van der Waals surface area (Å²) in [6.07, 6.45) is 1.81. The van der Waals surface area contributed by atoms with E-state index in [1.807, 2.05) is 22.9 Å². The predicted octanol–water partition coefficient (Wildman–Crippen LogP) is 4.73. The lowest BCUT2D eigenvalue weighted by atomic mass is 10.2. The normalized spacial score (nSPS) is 11.1. The van der Waals surface area contributed by atoms with E-state index in [2.05, 4.69) is 15.9 Å². The van der Waals surface area contributed by atoms with Gasteiger partial charge < -0.3 is 4.57 Å². The molecular formula is C15H10BrF2N. The van der Waals surface area contributed by atoms with Crippen molar-refractivity contribution in [1.29, 1.82) is 0 Å². The van der Waals surface area contributed by atoms with Crippen molar-refractivity contribution in [2.75, 3.05) is 0 Å². The number of nitrogens with zero attached hydrogens (tertiary/aromatic N) is 1. The average Bonchev–Trinajstić information content (AvgIpc) is 2.80. The third-order valence-electron chi connectivity index (χ3n) is 3.13. The van der Waals surface area contributed by atoms with Crippen LogP contribution in [0.15, 0.2) is 53.1 Å². The Morgan fingerprint density at radius 3 is 2.53 bits per heavy atom. The van der Waals surface area contributed by atoms with E-state index in [9.17, 15) is 8.78 Å². The van der Waals surface area contributed by atoms with Gasteiger partial charge in [-0.3, -0.25) is 0 Å². The molecule has 0 radical (unpaired) electrons. The first-order valence-electron chi connectivity index (χ1n) is 5.83. The van der Waals surface area contributed by atoms with E-state index in [4.69, 9.17) is 0 Å². The second-order valence-electron chi connectivity index (χ2n) is 4.33. The number of fused-ring (bicyclic) bond motifs is 1. The largest absolute Gasteiger partial charge is 0.343 e. The number of hydrogen-bond donors (Lipinski definition) is 0. The van der Waals surface area contributed by atoms with Gasteiger partial charge in [0.15, 0.2) is 0 Å². The smallest absolute Gasteiger partial charge is 0.137 e. The van der Waals surface area contributed by atoms with Crippen molar-refractivity contribution in [2.45, 2.75) is 6.54 Å². The average molecular weight is 322 g/mol. The molecule has 3 aromatic rings. The van der Waals surface area contributed by atoms with Crippen molar-refractivity contribution in [2.24, 2.45) is 0 Å². The molecule has 1 nitrogen and oxygen atoms in total. The monoisotopic (exact) mass is 321 g/mol. The van der Waals surface area contributed by atoms with Crippen LogP contribution in [0.1, 0.15) is 5.56 Å². The zero-order chi connectivity index (χ0) is 13.4. The topological polar surface area (TPSA) is 4.93 Å². The fraction of sp³-hybridized carbons (Fsp3) is 0.0667. The van der Waals surface area contributed by atoms with E-state index in [0.29, 0.717) is 16.4 Å². The minimum absolute atomic E-state index is 0.241. The number of aromatic nitrogens is 1. The fourth-order valence-corrected chi connectivity index (χ4v) is 2.57. The van der Waals surface area contributed by atoms with Crippen LogP contribution in [-0.2, 0) is 6.54 Å². The summed E-state index contributed by atoms with van der Waals surface area (Å²) in [6, 6.07) is 11.6. The highest BCUT2D eigenvalue weighted by Crippen LogP contribution is 2.24. The van der Waals surface area contributed by atoms with E-state index < -0.39 is 0 Å². The summed E-state index contributed by atoms with van der Waals surface area (Å²) in [7, 11) is 0. The molecule has 1 aromatic heterocycles. The van der Waals surface area contributed by atoms with Crippen molar-refractivity contribution in [3.63, 3.8) is 0 Å². The molecule has 0 spiro atoms. The van der Waals surface area contributed by atoms with Gasteiger partial charge in [0.25, 0.3) is 0 Å². The maximum atomic E-state index is 13.6. The second-order valence-corrected chi connectivity index (χ2v) is 5.12. The summed E-state index contributed by atoms with van der Waals surface area (Å²) in [5.41, 5.74) is 1.62. The number of halogens is 3. The van der Waals surface area contributed by atoms with Crippen LogP contribution in [0.3, 0.4) is 0 Å². The third-order valence-corrected chi connectivity index (χ3v) is 4.02. The molecule has 0 aliphatic heterocycles. The fourth-order valence-electron chi connectivity index (χ4n) is 2.18. The third kappa shape index (κ3) is 2.16. The van der Waals surface area contributed by atoms with E-state index in [-0.39, 0.29) is 11.6 Å². The molecule has 1 heterocycles. The minimum atomic E-state index is -0.292. The molecule has 0 amide bonds. The van der Waals surface area contributed by atoms with E-state index in [1.54, 1.807) is 18.2 Å². The van der Waals surface area contributed by atoms with Crippen LogP contribution < -0.4 is 0 Å². The van der Waals surface area contributed by atoms with Gasteiger partial charge in [-0.15, -0.1) is 0 Å². The van der Waals surface area contributed by atoms with Crippen molar-refractivity contribution >= 4 is 26.8 Å². The van der Waals surface area contributed by atoms with Gasteiger partial charge in [-0.2, -0.15) is 0 Å². The van der Waals surface area contributed by atoms with Crippen LogP contribution in [0.25, 0.3) is 10.9 Å². The Labute approximate surface area is 117 Å². The molecule has 2 aromatic carbocycles. The SMILES string of the molecule is Fc1cccc(Cn2ccc3c(F)cccc32)c1Br. The molecule has 0 unspecified atom stereocenters. The minimum Gasteiger partial charge on any atom is -0.343 e. The molecule has 0 aliphatic rings. The first-order valence-corrected chi connectivity index (χ1v) is 6.62. The van der Waals surface area contributed by atoms with Crippen LogP contribution in [0.4, 0.5) is 8.78 Å². The Morgan fingerprint density at radius 2 is 1.68 bits per heavy atom. The molecule has 0 saturated heterocycles. The summed E-state index contributed by atoms with van der Waals surface area (Å²) in [5.74, 6) is -0.533. The molecule has 0 bridgehead atoms. The van der Waals surface area contributed by atoms with Crippen LogP contribution in [0.5, 0.6) is 0 Å². The molecule has 0 aliphatic carbocycles. The van der Waals surface area contributed by atoms with Gasteiger partial charge in [0, 0.05) is 18.1 Å². The van der Waals surface area contributed by atoms with Crippen molar-refractivity contribution < 1.29 is 8.78 Å². The zero-order valence-corrected chi connectivity index (χ0v) is 11.5. The Hall–Kier alpha value is -1.68. The highest BCUT2D eigenvalue weighted by Gasteiger charge is 2.09. The molecule has 0 fully saturated rings. The summed E-state index contributed by atoms with van der Waals surface area (Å²) in [4.78, 5) is 0. The number of rotatable bonds is 2. The first-order chi connectivity index (χ1) is 9.16. The molecule has 0 N–H and O–H groups in total. The quantitative estimate of drug-likeness (QED) is 0.643. The van der Waals surface area contributed by atoms with Gasteiger partial charge in [0.2, 0.25) is 0 Å². The summed E-state index contributed by atoms with van der Waals surface area (Å²) in [5, 5.41) is 0.579. The van der Waals surface area contributed by atoms with E-state index >= 15 is 0 Å². The maximum Gasteiger partial charge on any atom is 0.137 e. The number of benzene rings is 2. The van der Waals surface area contributed by atoms with Crippen LogP contribution >= 0.6 is 15.9 Å². The van der Waals surface area contributed by atoms with E-state index in [1.165, 1.54) is 12.1 Å². The van der Waals surface area contributed by atoms with Crippen molar-refractivity contribution in [3.05, 3.63) is 70.3 Å². The standard InChI is InChI=1S/C15H10BrF2N/c16-15-10(3-1-5-13(15)18)9-19-8-7-11-12(17)4-2-6-14(11)19/h1-8H,9H2. The molecule has 4 heteroatoms. The van der Waals surface area contributed by atoms with Gasteiger partial charge >= 0.3 is 0 Å². The Bertz CT molecular complexity index is 749. The zero-order valence-electron chi connectivity index (χ0n) is 9.91. The molecule has 96 valence electrons. The molecule has 0 atom stereocenters. The molecular weight excluding hydrogens is 312 g/mol. The molecule has 0 saturated carbocycles. The van der Waals surface area contributed by atoms with Crippen molar-refractivity contribution in [3.8, 4) is 0 Å². The molecule has 19 heavy (non-hydrogen) atoms. The van der Waals surface area contributed by atoms with Crippen molar-refractivity contribution in [1.82, 2.24) is 4.57 Å². The predicted molar refractivity (Wildman–Crippen MR) is 75.1 cm³/mol. The summed E-state index contributed by atoms with van der Waals surface area (Å²) >= 11 is 3.24.